The second-order valence-electron chi connectivity index (χ2n) is 7.59. The Kier molecular flexibility index (Phi) is 8.88. The van der Waals surface area contributed by atoms with Crippen LogP contribution >= 0.6 is 11.8 Å². The molecule has 3 rings (SSSR count). The number of rotatable bonds is 12. The summed E-state index contributed by atoms with van der Waals surface area (Å²) in [5, 5.41) is 0. The molecular formula is C24H32O5S. The summed E-state index contributed by atoms with van der Waals surface area (Å²) in [5.41, 5.74) is 2.34. The summed E-state index contributed by atoms with van der Waals surface area (Å²) in [7, 11) is 1.74. The van der Waals surface area contributed by atoms with Crippen molar-refractivity contribution in [3.8, 4) is 11.5 Å². The molecule has 0 amide bonds. The Morgan fingerprint density at radius 3 is 2.47 bits per heavy atom. The van der Waals surface area contributed by atoms with Gasteiger partial charge in [0.25, 0.3) is 0 Å². The standard InChI is InChI=1S/C24H32O5S/c1-17-5-7-21(8-6-17)26-14-20(11-12-25-4)16-30-22-9-10-23(18(2)13-22)27-15-24-28-19(3)29-24/h5-10,13,19-20,24H,11-12,14-16H2,1-4H3. The predicted molar refractivity (Wildman–Crippen MR) is 119 cm³/mol. The smallest absolute Gasteiger partial charge is 0.197 e. The van der Waals surface area contributed by atoms with Gasteiger partial charge < -0.3 is 23.7 Å². The number of hydrogen-bond acceptors (Lipinski definition) is 6. The maximum Gasteiger partial charge on any atom is 0.197 e. The summed E-state index contributed by atoms with van der Waals surface area (Å²) in [5.74, 6) is 3.16. The van der Waals surface area contributed by atoms with Crippen LogP contribution in [0, 0.1) is 19.8 Å². The first-order valence-corrected chi connectivity index (χ1v) is 11.4. The minimum absolute atomic E-state index is 0.125. The van der Waals surface area contributed by atoms with Crippen molar-refractivity contribution in [2.45, 2.75) is 44.7 Å². The summed E-state index contributed by atoms with van der Waals surface area (Å²) in [6.07, 6.45) is 0.582. The van der Waals surface area contributed by atoms with Gasteiger partial charge in [-0.25, -0.2) is 0 Å². The third-order valence-electron chi connectivity index (χ3n) is 4.93. The first-order valence-electron chi connectivity index (χ1n) is 10.4. The zero-order valence-electron chi connectivity index (χ0n) is 18.3. The zero-order chi connectivity index (χ0) is 21.3. The molecule has 0 radical (unpaired) electrons. The van der Waals surface area contributed by atoms with Gasteiger partial charge in [-0.15, -0.1) is 11.8 Å². The molecule has 0 aliphatic carbocycles. The lowest BCUT2D eigenvalue weighted by Crippen LogP contribution is -2.42. The van der Waals surface area contributed by atoms with Gasteiger partial charge in [-0.2, -0.15) is 0 Å². The van der Waals surface area contributed by atoms with Crippen molar-refractivity contribution in [3.05, 3.63) is 53.6 Å². The van der Waals surface area contributed by atoms with Crippen LogP contribution in [0.15, 0.2) is 47.4 Å². The molecule has 0 saturated carbocycles. The Bertz CT molecular complexity index is 774. The van der Waals surface area contributed by atoms with E-state index in [4.69, 9.17) is 23.7 Å². The van der Waals surface area contributed by atoms with Crippen LogP contribution in [-0.4, -0.2) is 45.3 Å². The third kappa shape index (κ3) is 7.20. The first kappa shape index (κ1) is 22.9. The number of aryl methyl sites for hydroxylation is 2. The number of thioether (sulfide) groups is 1. The van der Waals surface area contributed by atoms with Crippen molar-refractivity contribution in [2.24, 2.45) is 5.92 Å². The minimum atomic E-state index is -0.261. The van der Waals surface area contributed by atoms with Gasteiger partial charge in [0.2, 0.25) is 0 Å². The van der Waals surface area contributed by atoms with Crippen molar-refractivity contribution >= 4 is 11.8 Å². The van der Waals surface area contributed by atoms with Crippen molar-refractivity contribution in [3.63, 3.8) is 0 Å². The van der Waals surface area contributed by atoms with E-state index in [0.717, 1.165) is 35.8 Å². The summed E-state index contributed by atoms with van der Waals surface area (Å²) in [4.78, 5) is 1.22. The molecule has 1 heterocycles. The molecule has 0 N–H and O–H groups in total. The van der Waals surface area contributed by atoms with Crippen molar-refractivity contribution in [1.82, 2.24) is 0 Å². The normalized spacial score (nSPS) is 19.2. The predicted octanol–water partition coefficient (Wildman–Crippen LogP) is 5.22. The maximum absolute atomic E-state index is 6.02. The highest BCUT2D eigenvalue weighted by atomic mass is 32.2. The quantitative estimate of drug-likeness (QED) is 0.428. The Labute approximate surface area is 184 Å². The molecule has 30 heavy (non-hydrogen) atoms. The van der Waals surface area contributed by atoms with Crippen molar-refractivity contribution < 1.29 is 23.7 Å². The Morgan fingerprint density at radius 2 is 1.80 bits per heavy atom. The van der Waals surface area contributed by atoms with E-state index in [2.05, 4.69) is 38.1 Å². The zero-order valence-corrected chi connectivity index (χ0v) is 19.1. The Balaban J connectivity index is 1.48. The fourth-order valence-electron chi connectivity index (χ4n) is 3.11. The van der Waals surface area contributed by atoms with Gasteiger partial charge >= 0.3 is 0 Å². The maximum atomic E-state index is 6.02. The van der Waals surface area contributed by atoms with E-state index in [9.17, 15) is 0 Å². The summed E-state index contributed by atoms with van der Waals surface area (Å²) in [6.45, 7) is 7.84. The minimum Gasteiger partial charge on any atom is -0.493 e. The summed E-state index contributed by atoms with van der Waals surface area (Å²) in [6, 6.07) is 14.5. The Morgan fingerprint density at radius 1 is 1.03 bits per heavy atom. The van der Waals surface area contributed by atoms with E-state index in [1.54, 1.807) is 7.11 Å². The second kappa shape index (κ2) is 11.6. The van der Waals surface area contributed by atoms with Crippen LogP contribution in [0.25, 0.3) is 0 Å². The average Bonchev–Trinajstić information content (AvgIpc) is 2.72. The van der Waals surface area contributed by atoms with Crippen molar-refractivity contribution in [1.29, 1.82) is 0 Å². The summed E-state index contributed by atoms with van der Waals surface area (Å²) >= 11 is 1.84. The molecule has 1 aliphatic heterocycles. The topological polar surface area (TPSA) is 46.2 Å². The van der Waals surface area contributed by atoms with E-state index in [-0.39, 0.29) is 12.6 Å². The molecule has 1 atom stereocenters. The van der Waals surface area contributed by atoms with Gasteiger partial charge in [0.05, 0.1) is 6.61 Å². The average molecular weight is 433 g/mol. The molecule has 2 aromatic carbocycles. The molecule has 0 bridgehead atoms. The lowest BCUT2D eigenvalue weighted by atomic mass is 10.1. The number of benzene rings is 2. The molecule has 1 fully saturated rings. The van der Waals surface area contributed by atoms with Crippen LogP contribution in [0.2, 0.25) is 0 Å². The fourth-order valence-corrected chi connectivity index (χ4v) is 4.23. The van der Waals surface area contributed by atoms with Crippen LogP contribution in [0.3, 0.4) is 0 Å². The van der Waals surface area contributed by atoms with E-state index < -0.39 is 0 Å². The van der Waals surface area contributed by atoms with E-state index in [1.807, 2.05) is 36.9 Å². The van der Waals surface area contributed by atoms with Crippen LogP contribution in [-0.2, 0) is 14.2 Å². The van der Waals surface area contributed by atoms with E-state index in [1.165, 1.54) is 10.5 Å². The SMILES string of the molecule is COCCC(COc1ccc(C)cc1)CSc1ccc(OCC2OC(C)O2)c(C)c1. The molecule has 6 heteroatoms. The number of methoxy groups -OCH3 is 1. The Hall–Kier alpha value is -1.73. The fraction of sp³-hybridized carbons (Fsp3) is 0.500. The number of hydrogen-bond donors (Lipinski definition) is 0. The largest absolute Gasteiger partial charge is 0.493 e. The molecule has 1 aliphatic rings. The molecule has 1 unspecified atom stereocenters. The van der Waals surface area contributed by atoms with Gasteiger partial charge in [0.1, 0.15) is 18.1 Å². The number of ether oxygens (including phenoxy) is 5. The molecule has 2 aromatic rings. The highest BCUT2D eigenvalue weighted by Gasteiger charge is 2.27. The molecule has 1 saturated heterocycles. The summed E-state index contributed by atoms with van der Waals surface area (Å²) < 4.78 is 27.9. The van der Waals surface area contributed by atoms with Gasteiger partial charge in [-0.1, -0.05) is 17.7 Å². The second-order valence-corrected chi connectivity index (χ2v) is 8.68. The molecular weight excluding hydrogens is 400 g/mol. The molecule has 0 spiro atoms. The van der Waals surface area contributed by atoms with E-state index >= 15 is 0 Å². The van der Waals surface area contributed by atoms with Crippen LogP contribution < -0.4 is 9.47 Å². The molecule has 164 valence electrons. The lowest BCUT2D eigenvalue weighted by Gasteiger charge is -2.33. The molecule has 5 nitrogen and oxygen atoms in total. The van der Waals surface area contributed by atoms with E-state index in [0.29, 0.717) is 19.1 Å². The molecule has 0 aromatic heterocycles. The van der Waals surface area contributed by atoms with Gasteiger partial charge in [-0.3, -0.25) is 0 Å². The lowest BCUT2D eigenvalue weighted by molar-refractivity contribution is -0.380. The van der Waals surface area contributed by atoms with Gasteiger partial charge in [0.15, 0.2) is 12.6 Å². The van der Waals surface area contributed by atoms with Gasteiger partial charge in [-0.05, 0) is 63.1 Å². The first-order chi connectivity index (χ1) is 14.5. The highest BCUT2D eigenvalue weighted by Crippen LogP contribution is 2.29. The third-order valence-corrected chi connectivity index (χ3v) is 6.16. The van der Waals surface area contributed by atoms with Gasteiger partial charge in [0, 0.05) is 30.3 Å². The highest BCUT2D eigenvalue weighted by molar-refractivity contribution is 7.99. The monoisotopic (exact) mass is 432 g/mol. The van der Waals surface area contributed by atoms with Crippen LogP contribution in [0.1, 0.15) is 24.5 Å². The van der Waals surface area contributed by atoms with Crippen LogP contribution in [0.5, 0.6) is 11.5 Å². The van der Waals surface area contributed by atoms with Crippen molar-refractivity contribution in [2.75, 3.05) is 32.7 Å². The van der Waals surface area contributed by atoms with Crippen LogP contribution in [0.4, 0.5) is 0 Å².